The molecular weight excluding hydrogens is 487 g/mol. The van der Waals surface area contributed by atoms with E-state index < -0.39 is 5.82 Å². The topological polar surface area (TPSA) is 78.0 Å². The van der Waals surface area contributed by atoms with Crippen LogP contribution in [-0.2, 0) is 9.47 Å². The van der Waals surface area contributed by atoms with Crippen LogP contribution >= 0.6 is 11.6 Å². The van der Waals surface area contributed by atoms with Gasteiger partial charge in [-0.25, -0.2) is 14.4 Å². The number of nitrogens with zero attached hydrogens (tertiary/aromatic N) is 3. The van der Waals surface area contributed by atoms with Crippen molar-refractivity contribution in [1.82, 2.24) is 14.9 Å². The van der Waals surface area contributed by atoms with Gasteiger partial charge >= 0.3 is 0 Å². The third kappa shape index (κ3) is 6.34. The molecule has 2 fully saturated rings. The molecule has 1 aromatic heterocycles. The molecule has 36 heavy (non-hydrogen) atoms. The summed E-state index contributed by atoms with van der Waals surface area (Å²) in [5, 5.41) is 4.00. The smallest absolute Gasteiger partial charge is 0.163 e. The Kier molecular flexibility index (Phi) is 8.32. The fraction of sp³-hybridized carbons (Fsp3) is 0.462. The second kappa shape index (κ2) is 12.0. The minimum atomic E-state index is -0.476. The molecule has 192 valence electrons. The van der Waals surface area contributed by atoms with E-state index in [-0.39, 0.29) is 11.1 Å². The molecule has 1 unspecified atom stereocenters. The van der Waals surface area contributed by atoms with Gasteiger partial charge in [-0.05, 0) is 43.7 Å². The summed E-state index contributed by atoms with van der Waals surface area (Å²) in [6.07, 6.45) is 4.25. The van der Waals surface area contributed by atoms with Crippen molar-refractivity contribution in [2.45, 2.75) is 25.4 Å². The lowest BCUT2D eigenvalue weighted by atomic mass is 10.2. The number of unbranched alkanes of at least 4 members (excludes halogenated alkanes) is 1. The molecule has 5 rings (SSSR count). The van der Waals surface area contributed by atoms with Crippen molar-refractivity contribution in [2.24, 2.45) is 0 Å². The predicted octanol–water partition coefficient (Wildman–Crippen LogP) is 4.82. The Morgan fingerprint density at radius 1 is 1.06 bits per heavy atom. The molecule has 0 aliphatic carbocycles. The van der Waals surface area contributed by atoms with E-state index in [4.69, 9.17) is 30.5 Å². The van der Waals surface area contributed by atoms with Crippen molar-refractivity contribution in [3.05, 3.63) is 47.5 Å². The first-order valence-electron chi connectivity index (χ1n) is 12.3. The van der Waals surface area contributed by atoms with Crippen molar-refractivity contribution in [3.63, 3.8) is 0 Å². The molecule has 2 aromatic carbocycles. The molecule has 2 aliphatic rings. The molecule has 2 saturated heterocycles. The number of hydrogen-bond donors (Lipinski definition) is 1. The van der Waals surface area contributed by atoms with Crippen molar-refractivity contribution < 1.29 is 23.3 Å². The van der Waals surface area contributed by atoms with E-state index in [1.165, 1.54) is 18.5 Å². The van der Waals surface area contributed by atoms with E-state index in [2.05, 4.69) is 20.2 Å². The van der Waals surface area contributed by atoms with Gasteiger partial charge in [0.25, 0.3) is 0 Å². The van der Waals surface area contributed by atoms with Gasteiger partial charge in [0.05, 0.1) is 43.6 Å². The molecule has 0 spiro atoms. The van der Waals surface area contributed by atoms with Crippen LogP contribution in [0.15, 0.2) is 36.7 Å². The summed E-state index contributed by atoms with van der Waals surface area (Å²) in [6, 6.07) is 8.22. The van der Waals surface area contributed by atoms with Crippen LogP contribution in [0.2, 0.25) is 5.02 Å². The van der Waals surface area contributed by atoms with Crippen LogP contribution in [0.5, 0.6) is 11.5 Å². The van der Waals surface area contributed by atoms with Crippen molar-refractivity contribution >= 4 is 34.0 Å². The average molecular weight is 517 g/mol. The fourth-order valence-electron chi connectivity index (χ4n) is 4.31. The highest BCUT2D eigenvalue weighted by Crippen LogP contribution is 2.36. The first kappa shape index (κ1) is 25.0. The molecule has 0 amide bonds. The highest BCUT2D eigenvalue weighted by Gasteiger charge is 2.21. The Balaban J connectivity index is 1.32. The molecule has 1 N–H and O–H groups in total. The molecule has 3 aromatic rings. The minimum absolute atomic E-state index is 0.0351. The molecule has 0 radical (unpaired) electrons. The number of benzene rings is 2. The summed E-state index contributed by atoms with van der Waals surface area (Å²) in [5.74, 6) is 1.36. The Morgan fingerprint density at radius 2 is 1.94 bits per heavy atom. The summed E-state index contributed by atoms with van der Waals surface area (Å²) in [7, 11) is 0. The van der Waals surface area contributed by atoms with Crippen LogP contribution in [0.1, 0.15) is 19.3 Å². The molecule has 1 atom stereocenters. The fourth-order valence-corrected chi connectivity index (χ4v) is 4.49. The minimum Gasteiger partial charge on any atom is -0.490 e. The molecule has 10 heteroatoms. The number of ether oxygens (including phenoxy) is 4. The summed E-state index contributed by atoms with van der Waals surface area (Å²) in [4.78, 5) is 11.3. The van der Waals surface area contributed by atoms with Gasteiger partial charge in [0.2, 0.25) is 0 Å². The highest BCUT2D eigenvalue weighted by molar-refractivity contribution is 6.31. The highest BCUT2D eigenvalue weighted by atomic mass is 35.5. The van der Waals surface area contributed by atoms with Crippen LogP contribution < -0.4 is 14.8 Å². The lowest BCUT2D eigenvalue weighted by molar-refractivity contribution is 0.0367. The normalized spacial score (nSPS) is 18.4. The average Bonchev–Trinajstić information content (AvgIpc) is 3.40. The summed E-state index contributed by atoms with van der Waals surface area (Å²) >= 11 is 5.95. The van der Waals surface area contributed by atoms with E-state index in [0.29, 0.717) is 48.3 Å². The molecule has 0 bridgehead atoms. The zero-order chi connectivity index (χ0) is 24.7. The van der Waals surface area contributed by atoms with E-state index in [0.717, 1.165) is 57.5 Å². The summed E-state index contributed by atoms with van der Waals surface area (Å²) < 4.78 is 37.0. The Bertz CT molecular complexity index is 1170. The molecule has 8 nitrogen and oxygen atoms in total. The van der Waals surface area contributed by atoms with Gasteiger partial charge in [-0.3, -0.25) is 4.90 Å². The van der Waals surface area contributed by atoms with Crippen molar-refractivity contribution in [2.75, 3.05) is 58.0 Å². The van der Waals surface area contributed by atoms with Crippen LogP contribution in [-0.4, -0.2) is 73.6 Å². The summed E-state index contributed by atoms with van der Waals surface area (Å²) in [5.41, 5.74) is 1.33. The molecule has 3 heterocycles. The summed E-state index contributed by atoms with van der Waals surface area (Å²) in [6.45, 7) is 6.46. The molecule has 0 saturated carbocycles. The molecular formula is C26H30ClFN4O4. The largest absolute Gasteiger partial charge is 0.490 e. The van der Waals surface area contributed by atoms with E-state index in [1.807, 2.05) is 12.1 Å². The number of rotatable bonds is 10. The third-order valence-electron chi connectivity index (χ3n) is 6.29. The van der Waals surface area contributed by atoms with Gasteiger partial charge in [0, 0.05) is 36.7 Å². The van der Waals surface area contributed by atoms with Crippen LogP contribution in [0.3, 0.4) is 0 Å². The van der Waals surface area contributed by atoms with Crippen LogP contribution in [0.4, 0.5) is 15.9 Å². The maximum absolute atomic E-state index is 13.6. The van der Waals surface area contributed by atoms with Crippen molar-refractivity contribution in [1.29, 1.82) is 0 Å². The zero-order valence-electron chi connectivity index (χ0n) is 20.1. The number of fused-ring (bicyclic) bond motifs is 1. The number of halogens is 2. The predicted molar refractivity (Wildman–Crippen MR) is 136 cm³/mol. The Morgan fingerprint density at radius 3 is 2.75 bits per heavy atom. The first-order valence-corrected chi connectivity index (χ1v) is 12.7. The lowest BCUT2D eigenvalue weighted by Crippen LogP contribution is -2.36. The van der Waals surface area contributed by atoms with Gasteiger partial charge in [-0.2, -0.15) is 0 Å². The maximum Gasteiger partial charge on any atom is 0.163 e. The lowest BCUT2D eigenvalue weighted by Gasteiger charge is -2.26. The van der Waals surface area contributed by atoms with Crippen LogP contribution in [0, 0.1) is 5.82 Å². The standard InChI is InChI=1S/C26H30ClFN4O4/c27-21-13-18(3-4-22(21)28)31-26-20-14-25(36-19-5-10-34-16-19)24(15-23(20)29-17-30-26)35-9-2-1-6-32-7-11-33-12-8-32/h3-4,13-15,17,19H,1-2,5-12,16H2,(H,29,30,31). The van der Waals surface area contributed by atoms with E-state index >= 15 is 0 Å². The second-order valence-electron chi connectivity index (χ2n) is 8.91. The van der Waals surface area contributed by atoms with Gasteiger partial charge in [0.1, 0.15) is 24.1 Å². The third-order valence-corrected chi connectivity index (χ3v) is 6.58. The number of anilines is 2. The zero-order valence-corrected chi connectivity index (χ0v) is 20.8. The van der Waals surface area contributed by atoms with E-state index in [1.54, 1.807) is 6.07 Å². The van der Waals surface area contributed by atoms with Gasteiger partial charge in [-0.1, -0.05) is 11.6 Å². The number of aromatic nitrogens is 2. The number of morpholine rings is 1. The quantitative estimate of drug-likeness (QED) is 0.384. The second-order valence-corrected chi connectivity index (χ2v) is 9.31. The SMILES string of the molecule is Fc1ccc(Nc2ncnc3cc(OCCCCN4CCOCC4)c(OC4CCOC4)cc23)cc1Cl. The van der Waals surface area contributed by atoms with Crippen LogP contribution in [0.25, 0.3) is 10.9 Å². The van der Waals surface area contributed by atoms with Crippen molar-refractivity contribution in [3.8, 4) is 11.5 Å². The van der Waals surface area contributed by atoms with Gasteiger partial charge in [0.15, 0.2) is 11.5 Å². The monoisotopic (exact) mass is 516 g/mol. The first-order chi connectivity index (χ1) is 17.7. The Labute approximate surface area is 214 Å². The Hall–Kier alpha value is -2.72. The molecule has 2 aliphatic heterocycles. The number of nitrogens with one attached hydrogen (secondary N) is 1. The number of hydrogen-bond acceptors (Lipinski definition) is 8. The maximum atomic E-state index is 13.6. The van der Waals surface area contributed by atoms with Gasteiger partial charge in [-0.15, -0.1) is 0 Å². The van der Waals surface area contributed by atoms with Gasteiger partial charge < -0.3 is 24.3 Å². The van der Waals surface area contributed by atoms with E-state index in [9.17, 15) is 4.39 Å².